The topological polar surface area (TPSA) is 98.5 Å². The fourth-order valence-corrected chi connectivity index (χ4v) is 5.28. The Kier molecular flexibility index (Phi) is 7.93. The van der Waals surface area contributed by atoms with Crippen LogP contribution in [0.15, 0.2) is 57.3 Å². The van der Waals surface area contributed by atoms with Crippen LogP contribution in [0.4, 0.5) is 5.95 Å². The van der Waals surface area contributed by atoms with Crippen LogP contribution in [-0.4, -0.2) is 39.6 Å². The van der Waals surface area contributed by atoms with Crippen LogP contribution in [0.5, 0.6) is 11.5 Å². The van der Waals surface area contributed by atoms with Gasteiger partial charge in [-0.25, -0.2) is 9.48 Å². The lowest BCUT2D eigenvalue weighted by molar-refractivity contribution is -0.139. The Bertz CT molecular complexity index is 1300. The second-order valence-electron chi connectivity index (χ2n) is 7.80. The van der Waals surface area contributed by atoms with Gasteiger partial charge < -0.3 is 19.9 Å². The summed E-state index contributed by atoms with van der Waals surface area (Å²) in [5.41, 5.74) is 2.66. The Hall–Kier alpha value is -2.69. The lowest BCUT2D eigenvalue weighted by Gasteiger charge is -2.28. The maximum atomic E-state index is 13.1. The largest absolute Gasteiger partial charge is 0.503 e. The number of methoxy groups -OCH3 is 1. The van der Waals surface area contributed by atoms with Crippen LogP contribution in [0.3, 0.4) is 0 Å². The Labute approximate surface area is 220 Å². The van der Waals surface area contributed by atoms with E-state index in [1.807, 2.05) is 31.2 Å². The number of anilines is 1. The number of ether oxygens (including phenoxy) is 2. The van der Waals surface area contributed by atoms with Crippen LogP contribution >= 0.6 is 39.3 Å². The number of aromatic nitrogens is 3. The predicted molar refractivity (Wildman–Crippen MR) is 139 cm³/mol. The number of carbonyl (C=O) groups is 1. The molecule has 0 saturated heterocycles. The zero-order valence-corrected chi connectivity index (χ0v) is 22.5. The predicted octanol–water partition coefficient (Wildman–Crippen LogP) is 5.94. The summed E-state index contributed by atoms with van der Waals surface area (Å²) < 4.78 is 12.9. The minimum Gasteiger partial charge on any atom is -0.503 e. The summed E-state index contributed by atoms with van der Waals surface area (Å²) in [5.74, 6) is 0.864. The van der Waals surface area contributed by atoms with Crippen molar-refractivity contribution in [2.24, 2.45) is 0 Å². The van der Waals surface area contributed by atoms with Gasteiger partial charge in [0.05, 0.1) is 23.8 Å². The molecule has 2 heterocycles. The van der Waals surface area contributed by atoms with Crippen LogP contribution in [0.25, 0.3) is 0 Å². The van der Waals surface area contributed by atoms with E-state index in [0.29, 0.717) is 56.2 Å². The van der Waals surface area contributed by atoms with E-state index in [-0.39, 0.29) is 11.5 Å². The smallest absolute Gasteiger partial charge is 0.338 e. The first-order valence-electron chi connectivity index (χ1n) is 10.9. The van der Waals surface area contributed by atoms with Crippen LogP contribution in [0, 0.1) is 0 Å². The minimum atomic E-state index is -0.649. The molecule has 35 heavy (non-hydrogen) atoms. The molecule has 0 aliphatic carbocycles. The van der Waals surface area contributed by atoms with Crippen molar-refractivity contribution in [1.29, 1.82) is 0 Å². The summed E-state index contributed by atoms with van der Waals surface area (Å²) in [6.07, 6.45) is 0.701. The molecule has 1 aliphatic rings. The van der Waals surface area contributed by atoms with E-state index >= 15 is 0 Å². The number of fused-ring (bicyclic) bond motifs is 1. The molecular weight excluding hydrogens is 556 g/mol. The number of hydrogen-bond donors (Lipinski definition) is 2. The summed E-state index contributed by atoms with van der Waals surface area (Å²) in [6.45, 7) is 4.04. The van der Waals surface area contributed by atoms with Crippen molar-refractivity contribution in [3.05, 3.63) is 68.3 Å². The molecule has 1 aromatic heterocycles. The third-order valence-corrected chi connectivity index (χ3v) is 7.25. The molecule has 2 N–H and O–H groups in total. The molecule has 184 valence electrons. The molecule has 8 nitrogen and oxygen atoms in total. The molecule has 0 bridgehead atoms. The number of nitrogens with one attached hydrogen (secondary N) is 1. The van der Waals surface area contributed by atoms with Gasteiger partial charge in [0.15, 0.2) is 11.5 Å². The van der Waals surface area contributed by atoms with E-state index in [2.05, 4.69) is 26.2 Å². The Morgan fingerprint density at radius 2 is 2.11 bits per heavy atom. The van der Waals surface area contributed by atoms with Gasteiger partial charge in [-0.2, -0.15) is 4.98 Å². The molecule has 0 saturated carbocycles. The van der Waals surface area contributed by atoms with Gasteiger partial charge in [0.1, 0.15) is 6.04 Å². The van der Waals surface area contributed by atoms with Crippen molar-refractivity contribution < 1.29 is 19.4 Å². The van der Waals surface area contributed by atoms with Gasteiger partial charge in [-0.05, 0) is 58.6 Å². The van der Waals surface area contributed by atoms with E-state index in [1.165, 1.54) is 18.9 Å². The molecule has 1 unspecified atom stereocenters. The van der Waals surface area contributed by atoms with Gasteiger partial charge in [-0.15, -0.1) is 5.10 Å². The molecule has 2 aromatic carbocycles. The second kappa shape index (κ2) is 10.9. The first kappa shape index (κ1) is 25.4. The molecule has 0 fully saturated rings. The number of aromatic hydroxyl groups is 1. The van der Waals surface area contributed by atoms with Crippen molar-refractivity contribution in [2.75, 3.05) is 19.0 Å². The summed E-state index contributed by atoms with van der Waals surface area (Å²) in [7, 11) is 1.47. The molecule has 1 aliphatic heterocycles. The highest BCUT2D eigenvalue weighted by Crippen LogP contribution is 2.42. The highest BCUT2D eigenvalue weighted by Gasteiger charge is 2.36. The van der Waals surface area contributed by atoms with Crippen molar-refractivity contribution in [1.82, 2.24) is 14.8 Å². The number of thioether (sulfide) groups is 1. The summed E-state index contributed by atoms with van der Waals surface area (Å²) in [5, 5.41) is 19.4. The summed E-state index contributed by atoms with van der Waals surface area (Å²) in [6, 6.07) is 10.4. The molecule has 4 rings (SSSR count). The number of allylic oxidation sites excluding steroid dienone is 1. The van der Waals surface area contributed by atoms with Gasteiger partial charge in [-0.3, -0.25) is 0 Å². The molecule has 3 aromatic rings. The molecule has 1 atom stereocenters. The number of halogens is 2. The van der Waals surface area contributed by atoms with Gasteiger partial charge in [0.25, 0.3) is 0 Å². The van der Waals surface area contributed by atoms with Crippen molar-refractivity contribution >= 4 is 51.2 Å². The third kappa shape index (κ3) is 5.29. The maximum absolute atomic E-state index is 13.1. The average molecular weight is 580 g/mol. The quantitative estimate of drug-likeness (QED) is 0.250. The number of benzene rings is 2. The monoisotopic (exact) mass is 578 g/mol. The molecule has 11 heteroatoms. The minimum absolute atomic E-state index is 0.0317. The molecular formula is C24H24BrClN4O4S. The molecule has 0 amide bonds. The van der Waals surface area contributed by atoms with Crippen molar-refractivity contribution in [3.63, 3.8) is 0 Å². The summed E-state index contributed by atoms with van der Waals surface area (Å²) in [4.78, 5) is 17.8. The van der Waals surface area contributed by atoms with Crippen LogP contribution in [0.2, 0.25) is 5.02 Å². The summed E-state index contributed by atoms with van der Waals surface area (Å²) >= 11 is 11.1. The fraction of sp³-hybridized carbons (Fsp3) is 0.292. The number of phenolic OH excluding ortho intramolecular Hbond substituents is 1. The van der Waals surface area contributed by atoms with Gasteiger partial charge in [-0.1, -0.05) is 48.5 Å². The maximum Gasteiger partial charge on any atom is 0.338 e. The second-order valence-corrected chi connectivity index (χ2v) is 10.0. The van der Waals surface area contributed by atoms with Crippen LogP contribution in [-0.2, 0) is 15.3 Å². The van der Waals surface area contributed by atoms with Gasteiger partial charge in [0.2, 0.25) is 11.1 Å². The first-order valence-corrected chi connectivity index (χ1v) is 13.0. The number of hydrogen-bond acceptors (Lipinski definition) is 8. The van der Waals surface area contributed by atoms with E-state index in [1.54, 1.807) is 23.7 Å². The number of nitrogens with zero attached hydrogens (tertiary/aromatic N) is 3. The number of phenols is 1. The third-order valence-electron chi connectivity index (χ3n) is 5.39. The molecule has 0 radical (unpaired) electrons. The SMILES string of the molecule is CCCOC(=O)C1=C(C)Nc2nc(SCc3ccccc3Cl)nn2C1c1cc(Br)c(O)c(OC)c1. The zero-order valence-electron chi connectivity index (χ0n) is 19.3. The Balaban J connectivity index is 1.76. The van der Waals surface area contributed by atoms with Gasteiger partial charge in [0, 0.05) is 16.5 Å². The number of rotatable bonds is 8. The van der Waals surface area contributed by atoms with E-state index in [0.717, 1.165) is 5.56 Å². The highest BCUT2D eigenvalue weighted by atomic mass is 79.9. The lowest BCUT2D eigenvalue weighted by atomic mass is 9.95. The zero-order chi connectivity index (χ0) is 25.1. The number of carbonyl (C=O) groups excluding carboxylic acids is 1. The van der Waals surface area contributed by atoms with E-state index < -0.39 is 12.0 Å². The lowest BCUT2D eigenvalue weighted by Crippen LogP contribution is -2.29. The Morgan fingerprint density at radius 3 is 2.83 bits per heavy atom. The van der Waals surface area contributed by atoms with Crippen molar-refractivity contribution in [2.45, 2.75) is 37.2 Å². The van der Waals surface area contributed by atoms with E-state index in [4.69, 9.17) is 26.2 Å². The Morgan fingerprint density at radius 1 is 1.34 bits per heavy atom. The normalized spacial score (nSPS) is 14.9. The molecule has 0 spiro atoms. The van der Waals surface area contributed by atoms with Crippen LogP contribution < -0.4 is 10.1 Å². The first-order chi connectivity index (χ1) is 16.8. The fourth-order valence-electron chi connectivity index (χ4n) is 3.70. The van der Waals surface area contributed by atoms with Gasteiger partial charge >= 0.3 is 5.97 Å². The van der Waals surface area contributed by atoms with E-state index in [9.17, 15) is 9.90 Å². The number of esters is 1. The van der Waals surface area contributed by atoms with Crippen molar-refractivity contribution in [3.8, 4) is 11.5 Å². The van der Waals surface area contributed by atoms with Crippen LogP contribution in [0.1, 0.15) is 37.4 Å². The standard InChI is InChI=1S/C24H24BrClN4O4S/c1-4-9-34-22(32)19-13(2)27-23-28-24(35-12-14-7-5-6-8-17(14)26)29-30(23)20(19)15-10-16(25)21(31)18(11-15)33-3/h5-8,10-11,20,31H,4,9,12H2,1-3H3,(H,27,28,29). The average Bonchev–Trinajstić information content (AvgIpc) is 3.25. The highest BCUT2D eigenvalue weighted by molar-refractivity contribution is 9.10.